The largest absolute Gasteiger partial charge is 0.381 e. The summed E-state index contributed by atoms with van der Waals surface area (Å²) in [6.07, 6.45) is 1.94. The van der Waals surface area contributed by atoms with E-state index in [9.17, 15) is 0 Å². The van der Waals surface area contributed by atoms with E-state index in [1.54, 1.807) is 0 Å². The Labute approximate surface area is 98.9 Å². The SMILES string of the molecule is CNC(C1CCOC1)C1C(C)OC(C)C1C. The fourth-order valence-corrected chi connectivity index (χ4v) is 3.49. The van der Waals surface area contributed by atoms with Crippen molar-refractivity contribution in [2.75, 3.05) is 20.3 Å². The lowest BCUT2D eigenvalue weighted by atomic mass is 9.77. The molecule has 0 aromatic carbocycles. The van der Waals surface area contributed by atoms with Gasteiger partial charge in [0, 0.05) is 24.5 Å². The summed E-state index contributed by atoms with van der Waals surface area (Å²) in [6, 6.07) is 0.539. The van der Waals surface area contributed by atoms with Crippen molar-refractivity contribution >= 4 is 0 Å². The van der Waals surface area contributed by atoms with Gasteiger partial charge in [0.2, 0.25) is 0 Å². The molecule has 0 aliphatic carbocycles. The van der Waals surface area contributed by atoms with E-state index in [1.807, 2.05) is 0 Å². The highest BCUT2D eigenvalue weighted by atomic mass is 16.5. The minimum Gasteiger partial charge on any atom is -0.381 e. The molecule has 2 heterocycles. The molecule has 1 N–H and O–H groups in total. The zero-order chi connectivity index (χ0) is 11.7. The van der Waals surface area contributed by atoms with Crippen LogP contribution in [-0.2, 0) is 9.47 Å². The predicted molar refractivity (Wildman–Crippen MR) is 64.4 cm³/mol. The molecule has 2 aliphatic heterocycles. The lowest BCUT2D eigenvalue weighted by Gasteiger charge is -2.32. The van der Waals surface area contributed by atoms with E-state index in [1.165, 1.54) is 6.42 Å². The summed E-state index contributed by atoms with van der Waals surface area (Å²) >= 11 is 0. The van der Waals surface area contributed by atoms with Crippen LogP contribution in [0.3, 0.4) is 0 Å². The minimum atomic E-state index is 0.364. The van der Waals surface area contributed by atoms with Crippen molar-refractivity contribution in [3.8, 4) is 0 Å². The highest BCUT2D eigenvalue weighted by molar-refractivity contribution is 4.95. The van der Waals surface area contributed by atoms with Gasteiger partial charge in [0.15, 0.2) is 0 Å². The van der Waals surface area contributed by atoms with Gasteiger partial charge in [-0.25, -0.2) is 0 Å². The molecular weight excluding hydrogens is 202 g/mol. The van der Waals surface area contributed by atoms with Crippen molar-refractivity contribution in [1.82, 2.24) is 5.32 Å². The second-order valence-corrected chi connectivity index (χ2v) is 5.42. The van der Waals surface area contributed by atoms with Gasteiger partial charge < -0.3 is 14.8 Å². The van der Waals surface area contributed by atoms with Crippen LogP contribution in [0.4, 0.5) is 0 Å². The second kappa shape index (κ2) is 5.03. The van der Waals surface area contributed by atoms with E-state index in [2.05, 4.69) is 33.1 Å². The third-order valence-electron chi connectivity index (χ3n) is 4.54. The first-order chi connectivity index (χ1) is 7.65. The van der Waals surface area contributed by atoms with Gasteiger partial charge in [-0.05, 0) is 33.2 Å². The first-order valence-electron chi connectivity index (χ1n) is 6.55. The lowest BCUT2D eigenvalue weighted by Crippen LogP contribution is -2.45. The Bertz CT molecular complexity index is 228. The van der Waals surface area contributed by atoms with E-state index in [4.69, 9.17) is 9.47 Å². The first kappa shape index (κ1) is 12.3. The van der Waals surface area contributed by atoms with E-state index in [0.29, 0.717) is 36.0 Å². The van der Waals surface area contributed by atoms with Crippen molar-refractivity contribution in [3.63, 3.8) is 0 Å². The quantitative estimate of drug-likeness (QED) is 0.795. The van der Waals surface area contributed by atoms with Crippen LogP contribution in [0.1, 0.15) is 27.2 Å². The molecular formula is C13H25NO2. The van der Waals surface area contributed by atoms with Crippen LogP contribution in [-0.4, -0.2) is 38.5 Å². The highest BCUT2D eigenvalue weighted by Crippen LogP contribution is 2.38. The molecule has 0 amide bonds. The van der Waals surface area contributed by atoms with Crippen molar-refractivity contribution < 1.29 is 9.47 Å². The van der Waals surface area contributed by atoms with Crippen LogP contribution >= 0.6 is 0 Å². The van der Waals surface area contributed by atoms with Crippen LogP contribution < -0.4 is 5.32 Å². The van der Waals surface area contributed by atoms with E-state index >= 15 is 0 Å². The molecule has 94 valence electrons. The van der Waals surface area contributed by atoms with Crippen molar-refractivity contribution in [1.29, 1.82) is 0 Å². The van der Waals surface area contributed by atoms with Gasteiger partial charge in [0.25, 0.3) is 0 Å². The molecule has 3 nitrogen and oxygen atoms in total. The van der Waals surface area contributed by atoms with Crippen molar-refractivity contribution in [3.05, 3.63) is 0 Å². The van der Waals surface area contributed by atoms with E-state index in [0.717, 1.165) is 13.2 Å². The number of hydrogen-bond acceptors (Lipinski definition) is 3. The van der Waals surface area contributed by atoms with E-state index in [-0.39, 0.29) is 0 Å². The van der Waals surface area contributed by atoms with Crippen LogP contribution in [0.2, 0.25) is 0 Å². The Morgan fingerprint density at radius 1 is 1.19 bits per heavy atom. The maximum absolute atomic E-state index is 5.95. The average molecular weight is 227 g/mol. The summed E-state index contributed by atoms with van der Waals surface area (Å²) in [4.78, 5) is 0. The first-order valence-corrected chi connectivity index (χ1v) is 6.55. The predicted octanol–water partition coefficient (Wildman–Crippen LogP) is 1.67. The van der Waals surface area contributed by atoms with Gasteiger partial charge in [0.1, 0.15) is 0 Å². The standard InChI is InChI=1S/C13H25NO2/c1-8-9(2)16-10(3)12(8)13(14-4)11-5-6-15-7-11/h8-14H,5-7H2,1-4H3. The maximum atomic E-state index is 5.95. The molecule has 3 heteroatoms. The number of hydrogen-bond donors (Lipinski definition) is 1. The Morgan fingerprint density at radius 2 is 1.94 bits per heavy atom. The van der Waals surface area contributed by atoms with Gasteiger partial charge >= 0.3 is 0 Å². The Kier molecular flexibility index (Phi) is 3.88. The topological polar surface area (TPSA) is 30.5 Å². The molecule has 0 radical (unpaired) electrons. The highest BCUT2D eigenvalue weighted by Gasteiger charge is 2.44. The van der Waals surface area contributed by atoms with Crippen LogP contribution in [0.5, 0.6) is 0 Å². The fourth-order valence-electron chi connectivity index (χ4n) is 3.49. The third-order valence-corrected chi connectivity index (χ3v) is 4.54. The van der Waals surface area contributed by atoms with Crippen LogP contribution in [0, 0.1) is 17.8 Å². The van der Waals surface area contributed by atoms with Crippen molar-refractivity contribution in [2.45, 2.75) is 45.4 Å². The molecule has 6 unspecified atom stereocenters. The molecule has 0 aromatic rings. The van der Waals surface area contributed by atoms with Crippen LogP contribution in [0.15, 0.2) is 0 Å². The fraction of sp³-hybridized carbons (Fsp3) is 1.00. The Balaban J connectivity index is 2.07. The third kappa shape index (κ3) is 2.13. The van der Waals surface area contributed by atoms with Crippen molar-refractivity contribution in [2.24, 2.45) is 17.8 Å². The van der Waals surface area contributed by atoms with Gasteiger partial charge in [-0.2, -0.15) is 0 Å². The number of rotatable bonds is 3. The zero-order valence-electron chi connectivity index (χ0n) is 10.9. The average Bonchev–Trinajstić information content (AvgIpc) is 2.84. The number of ether oxygens (including phenoxy) is 2. The summed E-state index contributed by atoms with van der Waals surface area (Å²) in [6.45, 7) is 8.56. The molecule has 0 aromatic heterocycles. The normalized spacial score (nSPS) is 46.1. The van der Waals surface area contributed by atoms with Gasteiger partial charge in [0.05, 0.1) is 18.8 Å². The summed E-state index contributed by atoms with van der Waals surface area (Å²) in [7, 11) is 2.07. The molecule has 2 fully saturated rings. The minimum absolute atomic E-state index is 0.364. The maximum Gasteiger partial charge on any atom is 0.0597 e. The molecule has 16 heavy (non-hydrogen) atoms. The van der Waals surface area contributed by atoms with Gasteiger partial charge in [-0.3, -0.25) is 0 Å². The van der Waals surface area contributed by atoms with Crippen LogP contribution in [0.25, 0.3) is 0 Å². The molecule has 2 aliphatic rings. The smallest absolute Gasteiger partial charge is 0.0597 e. The van der Waals surface area contributed by atoms with E-state index < -0.39 is 0 Å². The Morgan fingerprint density at radius 3 is 2.38 bits per heavy atom. The summed E-state index contributed by atoms with van der Waals surface area (Å²) < 4.78 is 11.5. The summed E-state index contributed by atoms with van der Waals surface area (Å²) in [5.74, 6) is 1.91. The molecule has 0 bridgehead atoms. The lowest BCUT2D eigenvalue weighted by molar-refractivity contribution is 0.0443. The van der Waals surface area contributed by atoms with Gasteiger partial charge in [-0.1, -0.05) is 6.92 Å². The number of nitrogens with one attached hydrogen (secondary N) is 1. The second-order valence-electron chi connectivity index (χ2n) is 5.42. The monoisotopic (exact) mass is 227 g/mol. The molecule has 6 atom stereocenters. The summed E-state index contributed by atoms with van der Waals surface area (Å²) in [5.41, 5.74) is 0. The molecule has 2 saturated heterocycles. The molecule has 2 rings (SSSR count). The molecule has 0 spiro atoms. The zero-order valence-corrected chi connectivity index (χ0v) is 10.9. The molecule has 0 saturated carbocycles. The summed E-state index contributed by atoms with van der Waals surface area (Å²) in [5, 5.41) is 3.51. The Hall–Kier alpha value is -0.120. The van der Waals surface area contributed by atoms with Gasteiger partial charge in [-0.15, -0.1) is 0 Å².